The van der Waals surface area contributed by atoms with Crippen LogP contribution in [0.15, 0.2) is 15.8 Å². The molecule has 1 aliphatic rings. The van der Waals surface area contributed by atoms with Crippen LogP contribution >= 0.6 is 7.82 Å². The zero-order valence-electron chi connectivity index (χ0n) is 12.5. The van der Waals surface area contributed by atoms with Crippen molar-refractivity contribution >= 4 is 7.82 Å². The number of rotatable bonds is 5. The van der Waals surface area contributed by atoms with Crippen molar-refractivity contribution in [2.24, 2.45) is 0 Å². The van der Waals surface area contributed by atoms with Gasteiger partial charge in [0.15, 0.2) is 0 Å². The number of H-pyrrole nitrogens is 1. The van der Waals surface area contributed by atoms with Crippen molar-refractivity contribution in [1.29, 1.82) is 0 Å². The van der Waals surface area contributed by atoms with E-state index in [1.54, 1.807) is 6.92 Å². The summed E-state index contributed by atoms with van der Waals surface area (Å²) in [4.78, 5) is 34.9. The van der Waals surface area contributed by atoms with Crippen molar-refractivity contribution < 1.29 is 23.2 Å². The fraction of sp³-hybridized carbons (Fsp3) is 0.667. The summed E-state index contributed by atoms with van der Waals surface area (Å²) in [5.74, 6) is 0. The third-order valence-corrected chi connectivity index (χ3v) is 4.54. The Labute approximate surface area is 126 Å². The van der Waals surface area contributed by atoms with Gasteiger partial charge < -0.3 is 9.63 Å². The highest BCUT2D eigenvalue weighted by molar-refractivity contribution is 7.47. The van der Waals surface area contributed by atoms with Crippen molar-refractivity contribution in [1.82, 2.24) is 9.55 Å². The second-order valence-electron chi connectivity index (χ2n) is 5.05. The molecule has 0 radical (unpaired) electrons. The van der Waals surface area contributed by atoms with Gasteiger partial charge in [-0.15, -0.1) is 0 Å². The van der Waals surface area contributed by atoms with E-state index in [2.05, 4.69) is 9.51 Å². The highest BCUT2D eigenvalue weighted by Crippen LogP contribution is 2.47. The molecule has 1 fully saturated rings. The van der Waals surface area contributed by atoms with Crippen molar-refractivity contribution in [2.75, 3.05) is 7.11 Å². The Kier molecular flexibility index (Phi) is 5.03. The fourth-order valence-electron chi connectivity index (χ4n) is 2.36. The molecule has 1 aliphatic heterocycles. The third kappa shape index (κ3) is 3.56. The Morgan fingerprint density at radius 1 is 1.55 bits per heavy atom. The molecule has 9 nitrogen and oxygen atoms in total. The Morgan fingerprint density at radius 3 is 2.82 bits per heavy atom. The van der Waals surface area contributed by atoms with Gasteiger partial charge in [-0.25, -0.2) is 9.36 Å². The zero-order valence-corrected chi connectivity index (χ0v) is 13.4. The van der Waals surface area contributed by atoms with E-state index in [-0.39, 0.29) is 6.42 Å². The monoisotopic (exact) mass is 334 g/mol. The molecule has 0 saturated carbocycles. The lowest BCUT2D eigenvalue weighted by Gasteiger charge is -2.18. The van der Waals surface area contributed by atoms with E-state index in [0.717, 1.165) is 7.11 Å². The molecule has 2 unspecified atom stereocenters. The predicted octanol–water partition coefficient (Wildman–Crippen LogP) is 0.675. The second-order valence-corrected chi connectivity index (χ2v) is 6.56. The number of aromatic nitrogens is 2. The lowest BCUT2D eigenvalue weighted by Crippen LogP contribution is -2.33. The maximum atomic E-state index is 11.9. The number of hydrogen-bond donors (Lipinski definition) is 2. The van der Waals surface area contributed by atoms with Crippen LogP contribution in [-0.4, -0.2) is 33.8 Å². The fourth-order valence-corrected chi connectivity index (χ4v) is 3.01. The molecule has 10 heteroatoms. The van der Waals surface area contributed by atoms with Gasteiger partial charge in [-0.3, -0.25) is 23.4 Å². The number of aromatic amines is 1. The Morgan fingerprint density at radius 2 is 2.23 bits per heavy atom. The maximum absolute atomic E-state index is 11.9. The average Bonchev–Trinajstić information content (AvgIpc) is 2.84. The summed E-state index contributed by atoms with van der Waals surface area (Å²) in [6, 6.07) is 0. The van der Waals surface area contributed by atoms with E-state index >= 15 is 0 Å². The van der Waals surface area contributed by atoms with Gasteiger partial charge in [0.2, 0.25) is 0 Å². The van der Waals surface area contributed by atoms with Crippen LogP contribution in [-0.2, 0) is 18.3 Å². The summed E-state index contributed by atoms with van der Waals surface area (Å²) < 4.78 is 28.0. The van der Waals surface area contributed by atoms with Crippen LogP contribution in [0.3, 0.4) is 0 Å². The third-order valence-electron chi connectivity index (χ3n) is 3.54. The summed E-state index contributed by atoms with van der Waals surface area (Å²) >= 11 is 0. The molecule has 124 valence electrons. The first-order chi connectivity index (χ1) is 10.3. The lowest BCUT2D eigenvalue weighted by atomic mass is 10.1. The number of phosphoric acid groups is 1. The number of phosphoric ester groups is 1. The Bertz CT molecular complexity index is 697. The van der Waals surface area contributed by atoms with Gasteiger partial charge in [0.25, 0.3) is 5.56 Å². The number of ether oxygens (including phenoxy) is 1. The van der Waals surface area contributed by atoms with Crippen LogP contribution in [0.5, 0.6) is 0 Å². The molecule has 0 bridgehead atoms. The van der Waals surface area contributed by atoms with E-state index in [1.165, 1.54) is 10.8 Å². The molecule has 2 heterocycles. The molecule has 0 aromatic carbocycles. The minimum absolute atomic E-state index is 0.192. The SMILES string of the molecule is CC[C@H]1OC(n2cc(C)c(=O)[nH]c2=O)C[C@H]1OP(=O)(O)OC. The van der Waals surface area contributed by atoms with Crippen molar-refractivity contribution in [2.45, 2.75) is 45.1 Å². The first kappa shape index (κ1) is 17.1. The molecule has 1 aromatic rings. The molecule has 4 atom stereocenters. The number of hydrogen-bond acceptors (Lipinski definition) is 6. The summed E-state index contributed by atoms with van der Waals surface area (Å²) in [5.41, 5.74) is -0.696. The number of nitrogens with zero attached hydrogens (tertiary/aromatic N) is 1. The first-order valence-electron chi connectivity index (χ1n) is 6.82. The van der Waals surface area contributed by atoms with Crippen molar-refractivity contribution in [3.8, 4) is 0 Å². The van der Waals surface area contributed by atoms with Gasteiger partial charge in [0.05, 0.1) is 12.2 Å². The van der Waals surface area contributed by atoms with Crippen LogP contribution in [0.2, 0.25) is 0 Å². The van der Waals surface area contributed by atoms with E-state index in [4.69, 9.17) is 9.26 Å². The molecular formula is C12H19N2O7P. The molecular weight excluding hydrogens is 315 g/mol. The van der Waals surface area contributed by atoms with Crippen LogP contribution in [0.4, 0.5) is 0 Å². The zero-order chi connectivity index (χ0) is 16.5. The molecule has 2 rings (SSSR count). The smallest absolute Gasteiger partial charge is 0.352 e. The minimum Gasteiger partial charge on any atom is -0.352 e. The normalized spacial score (nSPS) is 27.7. The summed E-state index contributed by atoms with van der Waals surface area (Å²) in [7, 11) is -3.07. The van der Waals surface area contributed by atoms with Gasteiger partial charge in [-0.2, -0.15) is 0 Å². The summed E-state index contributed by atoms with van der Waals surface area (Å²) in [6.07, 6.45) is 0.287. The van der Waals surface area contributed by atoms with Crippen LogP contribution in [0, 0.1) is 6.92 Å². The van der Waals surface area contributed by atoms with E-state index < -0.39 is 37.5 Å². The average molecular weight is 334 g/mol. The summed E-state index contributed by atoms with van der Waals surface area (Å²) in [6.45, 7) is 3.40. The van der Waals surface area contributed by atoms with Gasteiger partial charge in [-0.05, 0) is 13.3 Å². The first-order valence-corrected chi connectivity index (χ1v) is 8.31. The quantitative estimate of drug-likeness (QED) is 0.760. The summed E-state index contributed by atoms with van der Waals surface area (Å²) in [5, 5.41) is 0. The van der Waals surface area contributed by atoms with E-state index in [1.807, 2.05) is 6.92 Å². The molecule has 22 heavy (non-hydrogen) atoms. The van der Waals surface area contributed by atoms with Gasteiger partial charge in [0.1, 0.15) is 6.23 Å². The highest BCUT2D eigenvalue weighted by Gasteiger charge is 2.40. The van der Waals surface area contributed by atoms with Crippen LogP contribution in [0.25, 0.3) is 0 Å². The molecule has 1 aromatic heterocycles. The molecule has 0 aliphatic carbocycles. The Hall–Kier alpha value is -1.25. The van der Waals surface area contributed by atoms with Gasteiger partial charge in [-0.1, -0.05) is 6.92 Å². The molecule has 0 spiro atoms. The Balaban J connectivity index is 2.25. The highest BCUT2D eigenvalue weighted by atomic mass is 31.2. The van der Waals surface area contributed by atoms with Gasteiger partial charge in [0, 0.05) is 25.3 Å². The number of nitrogens with one attached hydrogen (secondary N) is 1. The minimum atomic E-state index is -4.15. The molecule has 0 amide bonds. The van der Waals surface area contributed by atoms with Gasteiger partial charge >= 0.3 is 13.5 Å². The molecule has 2 N–H and O–H groups in total. The van der Waals surface area contributed by atoms with Crippen molar-refractivity contribution in [3.05, 3.63) is 32.6 Å². The largest absolute Gasteiger partial charge is 0.472 e. The van der Waals surface area contributed by atoms with Crippen LogP contribution in [0.1, 0.15) is 31.6 Å². The predicted molar refractivity (Wildman–Crippen MR) is 76.6 cm³/mol. The van der Waals surface area contributed by atoms with E-state index in [9.17, 15) is 19.0 Å². The lowest BCUT2D eigenvalue weighted by molar-refractivity contribution is -0.0223. The van der Waals surface area contributed by atoms with Crippen molar-refractivity contribution in [3.63, 3.8) is 0 Å². The van der Waals surface area contributed by atoms with Crippen LogP contribution < -0.4 is 11.2 Å². The molecule has 1 saturated heterocycles. The maximum Gasteiger partial charge on any atom is 0.472 e. The topological polar surface area (TPSA) is 120 Å². The van der Waals surface area contributed by atoms with E-state index in [0.29, 0.717) is 12.0 Å². The number of aryl methyl sites for hydroxylation is 1. The second kappa shape index (κ2) is 6.47. The standard InChI is InChI=1S/C12H19N2O7P/c1-4-8-9(21-22(17,18)19-3)5-10(20-8)14-6-7(2)11(15)13-12(14)16/h6,8-10H,4-5H2,1-3H3,(H,17,18)(H,13,15,16)/t8-,9-,10?/m1/s1.